The molecule has 4 atom stereocenters. The summed E-state index contributed by atoms with van der Waals surface area (Å²) in [5.74, 6) is -4.47. The molecule has 20 nitrogen and oxygen atoms in total. The van der Waals surface area contributed by atoms with Crippen LogP contribution in [0.1, 0.15) is 367 Å². The van der Waals surface area contributed by atoms with E-state index in [0.29, 0.717) is 79.4 Å². The van der Waals surface area contributed by atoms with Gasteiger partial charge in [0, 0.05) is 216 Å². The van der Waals surface area contributed by atoms with Crippen molar-refractivity contribution in [3.05, 3.63) is 12.2 Å². The molecule has 0 radical (unpaired) electrons. The minimum Gasteiger partial charge on any atom is -0.395 e. The highest BCUT2D eigenvalue weighted by atomic mass is 19.3. The number of hydrogen-bond acceptors (Lipinski definition) is 20. The van der Waals surface area contributed by atoms with Crippen LogP contribution in [0.5, 0.6) is 0 Å². The summed E-state index contributed by atoms with van der Waals surface area (Å²) in [6.07, 6.45) is 16.4. The third-order valence-corrected chi connectivity index (χ3v) is 27.3. The topological polar surface area (TPSA) is 170 Å². The number of alkyl halides is 5. The maximum atomic E-state index is 12.7. The van der Waals surface area contributed by atoms with E-state index in [1.807, 2.05) is 32.6 Å². The Labute approximate surface area is 804 Å². The molecular formula is C106H216F5N13O7. The lowest BCUT2D eigenvalue weighted by Gasteiger charge is -2.51. The summed E-state index contributed by atoms with van der Waals surface area (Å²) in [5.41, 5.74) is 2.50. The number of aliphatic hydroxyl groups is 5. The molecule has 0 aliphatic carbocycles. The highest BCUT2D eigenvalue weighted by Crippen LogP contribution is 2.35. The molecule has 131 heavy (non-hydrogen) atoms. The van der Waals surface area contributed by atoms with Crippen LogP contribution in [0.3, 0.4) is 0 Å². The number of halogens is 5. The summed E-state index contributed by atoms with van der Waals surface area (Å²) in [5, 5.41) is 46.0. The van der Waals surface area contributed by atoms with Crippen LogP contribution in [0.15, 0.2) is 12.2 Å². The highest BCUT2D eigenvalue weighted by Gasteiger charge is 2.45. The van der Waals surface area contributed by atoms with Gasteiger partial charge >= 0.3 is 0 Å². The summed E-state index contributed by atoms with van der Waals surface area (Å²) in [4.78, 5) is 41.0. The number of likely N-dealkylation sites (tertiary alicyclic amines) is 12. The summed E-state index contributed by atoms with van der Waals surface area (Å²) in [6, 6.07) is 0.412. The van der Waals surface area contributed by atoms with Gasteiger partial charge in [0.25, 0.3) is 11.8 Å². The van der Waals surface area contributed by atoms with Crippen molar-refractivity contribution in [2.24, 2.45) is 0 Å². The Hall–Kier alpha value is -1.70. The Morgan fingerprint density at radius 3 is 0.901 bits per heavy atom. The molecule has 12 saturated heterocycles. The lowest BCUT2D eigenvalue weighted by molar-refractivity contribution is -0.123. The molecule has 0 aromatic carbocycles. The third-order valence-electron chi connectivity index (χ3n) is 27.3. The molecule has 0 amide bonds. The number of rotatable bonds is 2. The van der Waals surface area contributed by atoms with Gasteiger partial charge in [-0.2, -0.15) is 0 Å². The number of carbonyl (C=O) groups is 1. The van der Waals surface area contributed by atoms with Crippen LogP contribution >= 0.6 is 0 Å². The SMILES string of the molecule is CC(C)(C)N1CC(O)C1.CC(C)(C)N1CC=CC1.CC(C)(C)N1CCC(F)(F)C1.CC(C)(C)N1CCC(F)(F)CC1.CC(C)(C)N1CCC(F)C1.CC(C)(C)N1CCC(O)C1.CC(C)(C)N1CCC1.CC(C)(C)N1CCCC(=O)C1.CC(C)(C)N1CCCC(O)C1.CC(C)(C)N1CCCC1.CC(C)(C)N1CCCC1CO.CC1(O)CN(C(C)(C)C)C1.COC1CN(C(C)(C)C)C1. The zero-order valence-electron chi connectivity index (χ0n) is 93.2. The lowest BCUT2D eigenvalue weighted by Crippen LogP contribution is -2.65. The first-order valence-corrected chi connectivity index (χ1v) is 51.1. The van der Waals surface area contributed by atoms with Gasteiger partial charge in [-0.05, 0) is 387 Å². The predicted molar refractivity (Wildman–Crippen MR) is 546 cm³/mol. The number of hydrogen-bond donors (Lipinski definition) is 5. The van der Waals surface area contributed by atoms with Crippen molar-refractivity contribution in [1.29, 1.82) is 0 Å². The Bertz CT molecular complexity index is 3030. The minimum atomic E-state index is -2.45. The van der Waals surface area contributed by atoms with Gasteiger partial charge in [-0.1, -0.05) is 12.2 Å². The van der Waals surface area contributed by atoms with Gasteiger partial charge in [0.1, 0.15) is 12.0 Å². The maximum absolute atomic E-state index is 12.7. The summed E-state index contributed by atoms with van der Waals surface area (Å²) in [7, 11) is 1.78. The molecule has 5 N–H and O–H groups in total. The number of methoxy groups -OCH3 is 1. The summed E-state index contributed by atoms with van der Waals surface area (Å²) in [6.45, 7) is 110. The van der Waals surface area contributed by atoms with E-state index in [1.54, 1.807) is 7.11 Å². The van der Waals surface area contributed by atoms with Crippen LogP contribution in [0.25, 0.3) is 0 Å². The third kappa shape index (κ3) is 52.6. The van der Waals surface area contributed by atoms with Crippen LogP contribution < -0.4 is 0 Å². The van der Waals surface area contributed by atoms with Gasteiger partial charge in [0.2, 0.25) is 0 Å². The summed E-state index contributed by atoms with van der Waals surface area (Å²) < 4.78 is 68.7. The molecule has 0 bridgehead atoms. The maximum Gasteiger partial charge on any atom is 0.261 e. The Morgan fingerprint density at radius 2 is 0.664 bits per heavy atom. The number of piperidine rings is 3. The molecule has 782 valence electrons. The number of β-amino-alcohol motifs (C(OH)–C–C–N with tert-alkyl or cyclic N) is 4. The quantitative estimate of drug-likeness (QED) is 0.131. The van der Waals surface area contributed by atoms with E-state index >= 15 is 0 Å². The van der Waals surface area contributed by atoms with Crippen molar-refractivity contribution < 1.29 is 57.0 Å². The molecule has 13 aliphatic rings. The van der Waals surface area contributed by atoms with Crippen LogP contribution in [0.2, 0.25) is 0 Å². The second-order valence-electron chi connectivity index (χ2n) is 52.9. The van der Waals surface area contributed by atoms with Crippen LogP contribution in [-0.4, -0.2) is 398 Å². The average Bonchev–Trinajstić information content (AvgIpc) is 1.51. The van der Waals surface area contributed by atoms with Gasteiger partial charge in [0.15, 0.2) is 0 Å². The number of carbonyl (C=O) groups excluding carboxylic acids is 1. The number of ketones is 1. The first-order valence-electron chi connectivity index (χ1n) is 51.1. The van der Waals surface area contributed by atoms with E-state index in [1.165, 1.54) is 51.9 Å². The zero-order chi connectivity index (χ0) is 102. The molecule has 13 rings (SSSR count). The van der Waals surface area contributed by atoms with Gasteiger partial charge in [-0.15, -0.1) is 0 Å². The molecular weight excluding hydrogens is 1660 g/mol. The molecule has 25 heteroatoms. The van der Waals surface area contributed by atoms with E-state index in [4.69, 9.17) is 14.9 Å². The van der Waals surface area contributed by atoms with E-state index in [-0.39, 0.29) is 94.0 Å². The second kappa shape index (κ2) is 53.4. The number of nitrogens with zero attached hydrogens (tertiary/aromatic N) is 13. The van der Waals surface area contributed by atoms with E-state index in [2.05, 4.69) is 320 Å². The Kier molecular flexibility index (Phi) is 51.9. The molecule has 13 heterocycles. The molecule has 0 aromatic rings. The second-order valence-corrected chi connectivity index (χ2v) is 52.9. The smallest absolute Gasteiger partial charge is 0.261 e. The molecule has 13 aliphatic heterocycles. The van der Waals surface area contributed by atoms with Crippen LogP contribution in [0, 0.1) is 0 Å². The highest BCUT2D eigenvalue weighted by molar-refractivity contribution is 5.81. The molecule has 12 fully saturated rings. The predicted octanol–water partition coefficient (Wildman–Crippen LogP) is 18.7. The van der Waals surface area contributed by atoms with Crippen molar-refractivity contribution in [1.82, 2.24) is 63.7 Å². The fourth-order valence-electron chi connectivity index (χ4n) is 17.2. The molecule has 0 saturated carbocycles. The monoisotopic (exact) mass is 1880 g/mol. The van der Waals surface area contributed by atoms with Gasteiger partial charge in [0.05, 0.1) is 49.7 Å². The number of Topliss-reactive ketones (excluding diaryl/α,β-unsaturated/α-hetero) is 1. The van der Waals surface area contributed by atoms with E-state index in [9.17, 15) is 42.1 Å². The standard InChI is InChI=1S/C9H17F2N.2C9H19NO.C9H17NO.C8H15F2N.C8H16FN.3C8H17NO.C8H17N.C8H15N.C7H15NO.C7H15N/c1-8(2,3)12-6-4-9(10,11)5-7-12;1-9(2,3)10-6-4-5-8(10)7-11;2*1-9(2,3)10-6-4-5-8(11)7-10;1-7(2,3)11-5-4-8(9,10)6-11;1-8(2,3)10-5-4-7(9)6-10;1-8(2,3)9-5-7(6-9)10-4;1-7(2,3)9-5-8(4,10)6-9;1-8(2,3)9-5-4-7(10)6-9;2*1-8(2,3)9-6-4-5-7-9;1-7(2,3)8-4-6(9)5-8;1-7(2,3)8-5-4-6-8/h4-7H2,1-3H3;2*8,11H,4-7H2,1-3H3;4-7H2,1-3H3;4-6H2,1-3H3;7H,4-6H2,1-3H3;7H,5-6H2,1-4H3;10H,5-6H2,1-4H3;7,10H,4-6H2,1-3H3;4-7H2,1-3H3;4-5H,6-7H2,1-3H3;6,9H,4-5H2,1-3H3;4-6H2,1-3H3. The first-order chi connectivity index (χ1) is 58.8. The Balaban J connectivity index is 0.000000710. The first kappa shape index (κ1) is 127. The van der Waals surface area contributed by atoms with Gasteiger partial charge in [-0.3, -0.25) is 68.5 Å². The number of ether oxygens (including phenoxy) is 1. The van der Waals surface area contributed by atoms with Gasteiger partial charge < -0.3 is 30.3 Å². The normalized spacial score (nSPS) is 25.5. The largest absolute Gasteiger partial charge is 0.395 e. The average molecular weight is 1880 g/mol. The lowest BCUT2D eigenvalue weighted by atomic mass is 9.90. The summed E-state index contributed by atoms with van der Waals surface area (Å²) >= 11 is 0. The van der Waals surface area contributed by atoms with Crippen molar-refractivity contribution in [3.8, 4) is 0 Å². The number of aliphatic hydroxyl groups excluding tert-OH is 4. The van der Waals surface area contributed by atoms with Crippen molar-refractivity contribution in [2.45, 2.75) is 493 Å². The van der Waals surface area contributed by atoms with Crippen molar-refractivity contribution in [2.75, 3.05) is 177 Å². The van der Waals surface area contributed by atoms with Crippen molar-refractivity contribution >= 4 is 5.78 Å². The molecule has 0 aromatic heterocycles. The van der Waals surface area contributed by atoms with Crippen molar-refractivity contribution in [3.63, 3.8) is 0 Å². The Morgan fingerprint density at radius 1 is 0.336 bits per heavy atom. The zero-order valence-corrected chi connectivity index (χ0v) is 93.2. The van der Waals surface area contributed by atoms with Crippen LogP contribution in [0.4, 0.5) is 22.0 Å². The minimum absolute atomic E-state index is 0.0181. The van der Waals surface area contributed by atoms with Crippen LogP contribution in [-0.2, 0) is 9.53 Å². The molecule has 4 unspecified atom stereocenters. The van der Waals surface area contributed by atoms with E-state index in [0.717, 1.165) is 143 Å². The molecule has 0 spiro atoms. The van der Waals surface area contributed by atoms with E-state index < -0.39 is 23.6 Å². The fraction of sp³-hybridized carbons (Fsp3) is 0.972. The fourth-order valence-corrected chi connectivity index (χ4v) is 17.2. The van der Waals surface area contributed by atoms with Gasteiger partial charge in [-0.25, -0.2) is 22.0 Å².